The van der Waals surface area contributed by atoms with Gasteiger partial charge < -0.3 is 4.42 Å². The van der Waals surface area contributed by atoms with Gasteiger partial charge in [-0.15, -0.1) is 0 Å². The van der Waals surface area contributed by atoms with E-state index < -0.39 is 10.0 Å². The van der Waals surface area contributed by atoms with Gasteiger partial charge in [0.2, 0.25) is 10.0 Å². The molecule has 0 aliphatic rings. The first-order valence-corrected chi connectivity index (χ1v) is 8.83. The van der Waals surface area contributed by atoms with Crippen LogP contribution < -0.4 is 4.72 Å². The molecule has 2 aromatic carbocycles. The second kappa shape index (κ2) is 6.14. The van der Waals surface area contributed by atoms with Crippen LogP contribution in [0.15, 0.2) is 52.1 Å². The molecular formula is C17H18N2O3S. The zero-order chi connectivity index (χ0) is 16.4. The number of aryl methyl sites for hydroxylation is 2. The van der Waals surface area contributed by atoms with Gasteiger partial charge in [0.15, 0.2) is 12.0 Å². The Kier molecular flexibility index (Phi) is 4.19. The second-order valence-electron chi connectivity index (χ2n) is 5.55. The number of hydrogen-bond acceptors (Lipinski definition) is 4. The molecule has 1 N–H and O–H groups in total. The third-order valence-electron chi connectivity index (χ3n) is 3.89. The standard InChI is InChI=1S/C17H18N2O3S/c1-12-3-5-15(9-13(12)2)23(20,21)19-8-7-14-4-6-16-17(10-14)22-11-18-16/h3-6,9-11,19H,7-8H2,1-2H3. The number of benzene rings is 2. The number of sulfonamides is 1. The molecular weight excluding hydrogens is 312 g/mol. The third-order valence-corrected chi connectivity index (χ3v) is 5.35. The maximum atomic E-state index is 12.3. The van der Waals surface area contributed by atoms with Crippen LogP contribution in [0.25, 0.3) is 11.1 Å². The van der Waals surface area contributed by atoms with Gasteiger partial charge >= 0.3 is 0 Å². The van der Waals surface area contributed by atoms with Crippen LogP contribution in [0.1, 0.15) is 16.7 Å². The second-order valence-corrected chi connectivity index (χ2v) is 7.32. The van der Waals surface area contributed by atoms with E-state index in [9.17, 15) is 8.42 Å². The van der Waals surface area contributed by atoms with Gasteiger partial charge in [-0.25, -0.2) is 18.1 Å². The molecule has 0 saturated heterocycles. The van der Waals surface area contributed by atoms with Crippen molar-refractivity contribution in [3.05, 3.63) is 59.5 Å². The number of rotatable bonds is 5. The van der Waals surface area contributed by atoms with Crippen molar-refractivity contribution >= 4 is 21.1 Å². The zero-order valence-electron chi connectivity index (χ0n) is 13.0. The Morgan fingerprint density at radius 1 is 1.09 bits per heavy atom. The van der Waals surface area contributed by atoms with Crippen molar-refractivity contribution in [1.29, 1.82) is 0 Å². The average molecular weight is 330 g/mol. The van der Waals surface area contributed by atoms with Crippen molar-refractivity contribution in [2.75, 3.05) is 6.54 Å². The summed E-state index contributed by atoms with van der Waals surface area (Å²) in [5.74, 6) is 0. The average Bonchev–Trinajstić information content (AvgIpc) is 2.97. The van der Waals surface area contributed by atoms with E-state index in [4.69, 9.17) is 4.42 Å². The molecule has 0 atom stereocenters. The number of nitrogens with zero attached hydrogens (tertiary/aromatic N) is 1. The molecule has 5 nitrogen and oxygen atoms in total. The molecule has 0 bridgehead atoms. The predicted molar refractivity (Wildman–Crippen MR) is 88.8 cm³/mol. The smallest absolute Gasteiger partial charge is 0.240 e. The molecule has 0 spiro atoms. The van der Waals surface area contributed by atoms with Gasteiger partial charge in [0.05, 0.1) is 4.90 Å². The van der Waals surface area contributed by atoms with Crippen molar-refractivity contribution in [2.24, 2.45) is 0 Å². The van der Waals surface area contributed by atoms with Crippen LogP contribution in [0, 0.1) is 13.8 Å². The van der Waals surface area contributed by atoms with Crippen LogP contribution in [0.4, 0.5) is 0 Å². The van der Waals surface area contributed by atoms with Crippen molar-refractivity contribution < 1.29 is 12.8 Å². The normalized spacial score (nSPS) is 11.9. The summed E-state index contributed by atoms with van der Waals surface area (Å²) in [4.78, 5) is 4.35. The zero-order valence-corrected chi connectivity index (χ0v) is 13.9. The Morgan fingerprint density at radius 2 is 1.91 bits per heavy atom. The van der Waals surface area contributed by atoms with E-state index in [1.165, 1.54) is 6.39 Å². The quantitative estimate of drug-likeness (QED) is 0.780. The van der Waals surface area contributed by atoms with Crippen molar-refractivity contribution in [2.45, 2.75) is 25.2 Å². The number of fused-ring (bicyclic) bond motifs is 1. The monoisotopic (exact) mass is 330 g/mol. The maximum Gasteiger partial charge on any atom is 0.240 e. The molecule has 23 heavy (non-hydrogen) atoms. The fourth-order valence-electron chi connectivity index (χ4n) is 2.35. The number of aromatic nitrogens is 1. The molecule has 0 amide bonds. The van der Waals surface area contributed by atoms with E-state index in [1.807, 2.05) is 38.1 Å². The number of oxazole rings is 1. The Bertz CT molecular complexity index is 945. The molecule has 1 heterocycles. The summed E-state index contributed by atoms with van der Waals surface area (Å²) in [7, 11) is -3.49. The van der Waals surface area contributed by atoms with E-state index >= 15 is 0 Å². The summed E-state index contributed by atoms with van der Waals surface area (Å²) in [5.41, 5.74) is 4.54. The molecule has 0 aliphatic heterocycles. The summed E-state index contributed by atoms with van der Waals surface area (Å²) >= 11 is 0. The van der Waals surface area contributed by atoms with E-state index in [-0.39, 0.29) is 0 Å². The maximum absolute atomic E-state index is 12.3. The van der Waals surface area contributed by atoms with Crippen LogP contribution in [-0.2, 0) is 16.4 Å². The summed E-state index contributed by atoms with van der Waals surface area (Å²) < 4.78 is 32.5. The van der Waals surface area contributed by atoms with Crippen molar-refractivity contribution in [1.82, 2.24) is 9.71 Å². The molecule has 0 aliphatic carbocycles. The fraction of sp³-hybridized carbons (Fsp3) is 0.235. The number of nitrogens with one attached hydrogen (secondary N) is 1. The van der Waals surface area contributed by atoms with E-state index in [1.54, 1.807) is 12.1 Å². The summed E-state index contributed by atoms with van der Waals surface area (Å²) in [5, 5.41) is 0. The Labute approximate surface area is 135 Å². The molecule has 6 heteroatoms. The highest BCUT2D eigenvalue weighted by Crippen LogP contribution is 2.16. The lowest BCUT2D eigenvalue weighted by Gasteiger charge is -2.08. The van der Waals surface area contributed by atoms with Crippen LogP contribution >= 0.6 is 0 Å². The fourth-order valence-corrected chi connectivity index (χ4v) is 3.47. The summed E-state index contributed by atoms with van der Waals surface area (Å²) in [6.07, 6.45) is 1.98. The minimum atomic E-state index is -3.49. The largest absolute Gasteiger partial charge is 0.443 e. The molecule has 120 valence electrons. The molecule has 0 fully saturated rings. The minimum absolute atomic E-state index is 0.297. The minimum Gasteiger partial charge on any atom is -0.443 e. The first-order chi connectivity index (χ1) is 11.0. The third kappa shape index (κ3) is 3.43. The Balaban J connectivity index is 1.67. The van der Waals surface area contributed by atoms with Gasteiger partial charge in [-0.05, 0) is 61.2 Å². The van der Waals surface area contributed by atoms with Gasteiger partial charge in [-0.1, -0.05) is 12.1 Å². The topological polar surface area (TPSA) is 72.2 Å². The first kappa shape index (κ1) is 15.7. The highest BCUT2D eigenvalue weighted by molar-refractivity contribution is 7.89. The summed E-state index contributed by atoms with van der Waals surface area (Å²) in [6, 6.07) is 10.8. The predicted octanol–water partition coefficient (Wildman–Crippen LogP) is 2.97. The molecule has 0 saturated carbocycles. The molecule has 3 aromatic rings. The Morgan fingerprint density at radius 3 is 2.70 bits per heavy atom. The van der Waals surface area contributed by atoms with Crippen LogP contribution in [0.2, 0.25) is 0 Å². The van der Waals surface area contributed by atoms with Gasteiger partial charge in [0.1, 0.15) is 5.52 Å². The number of hydrogen-bond donors (Lipinski definition) is 1. The van der Waals surface area contributed by atoms with Gasteiger partial charge in [0, 0.05) is 6.54 Å². The van der Waals surface area contributed by atoms with E-state index in [0.717, 1.165) is 22.2 Å². The first-order valence-electron chi connectivity index (χ1n) is 7.35. The Hall–Kier alpha value is -2.18. The lowest BCUT2D eigenvalue weighted by molar-refractivity contribution is 0.581. The molecule has 0 unspecified atom stereocenters. The lowest BCUT2D eigenvalue weighted by atomic mass is 10.1. The van der Waals surface area contributed by atoms with Gasteiger partial charge in [-0.3, -0.25) is 0 Å². The lowest BCUT2D eigenvalue weighted by Crippen LogP contribution is -2.26. The highest BCUT2D eigenvalue weighted by atomic mass is 32.2. The van der Waals surface area contributed by atoms with Crippen LogP contribution in [0.3, 0.4) is 0 Å². The van der Waals surface area contributed by atoms with E-state index in [0.29, 0.717) is 23.4 Å². The van der Waals surface area contributed by atoms with Crippen LogP contribution in [-0.4, -0.2) is 19.9 Å². The molecule has 1 aromatic heterocycles. The van der Waals surface area contributed by atoms with Gasteiger partial charge in [-0.2, -0.15) is 0 Å². The van der Waals surface area contributed by atoms with Gasteiger partial charge in [0.25, 0.3) is 0 Å². The SMILES string of the molecule is Cc1ccc(S(=O)(=O)NCCc2ccc3ncoc3c2)cc1C. The van der Waals surface area contributed by atoms with Crippen molar-refractivity contribution in [3.8, 4) is 0 Å². The highest BCUT2D eigenvalue weighted by Gasteiger charge is 2.14. The van der Waals surface area contributed by atoms with Crippen molar-refractivity contribution in [3.63, 3.8) is 0 Å². The molecule has 0 radical (unpaired) electrons. The van der Waals surface area contributed by atoms with E-state index in [2.05, 4.69) is 9.71 Å². The summed E-state index contributed by atoms with van der Waals surface area (Å²) in [6.45, 7) is 4.19. The molecule has 3 rings (SSSR count). The van der Waals surface area contributed by atoms with Crippen LogP contribution in [0.5, 0.6) is 0 Å².